The maximum Gasteiger partial charge on any atom is 0.257 e. The van der Waals surface area contributed by atoms with Gasteiger partial charge in [0.1, 0.15) is 11.5 Å². The Morgan fingerprint density at radius 3 is 2.65 bits per heavy atom. The molecule has 3 aromatic rings. The fourth-order valence-electron chi connectivity index (χ4n) is 4.02. The molecule has 1 saturated carbocycles. The van der Waals surface area contributed by atoms with Gasteiger partial charge in [-0.2, -0.15) is 0 Å². The number of amides is 2. The molecule has 2 aromatic carbocycles. The molecule has 1 aliphatic carbocycles. The lowest BCUT2D eigenvalue weighted by Gasteiger charge is -2.14. The van der Waals surface area contributed by atoms with Crippen LogP contribution >= 0.6 is 0 Å². The third-order valence-electron chi connectivity index (χ3n) is 5.80. The number of hydrogen-bond acceptors (Lipinski definition) is 5. The van der Waals surface area contributed by atoms with E-state index in [1.54, 1.807) is 36.5 Å². The number of pyridine rings is 1. The van der Waals surface area contributed by atoms with Gasteiger partial charge in [0.05, 0.1) is 24.5 Å². The zero-order chi connectivity index (χ0) is 23.8. The summed E-state index contributed by atoms with van der Waals surface area (Å²) in [6.07, 6.45) is 9.05. The summed E-state index contributed by atoms with van der Waals surface area (Å²) in [6, 6.07) is 16.5. The van der Waals surface area contributed by atoms with E-state index in [-0.39, 0.29) is 11.8 Å². The Balaban J connectivity index is 1.32. The van der Waals surface area contributed by atoms with E-state index >= 15 is 0 Å². The number of methoxy groups -OCH3 is 1. The van der Waals surface area contributed by atoms with E-state index in [0.717, 1.165) is 24.2 Å². The average molecular weight is 460 g/mol. The number of ether oxygens (including phenoxy) is 2. The summed E-state index contributed by atoms with van der Waals surface area (Å²) in [4.78, 5) is 28.9. The Bertz CT molecular complexity index is 1130. The molecule has 34 heavy (non-hydrogen) atoms. The molecule has 1 fully saturated rings. The van der Waals surface area contributed by atoms with E-state index in [9.17, 15) is 9.59 Å². The first-order valence-electron chi connectivity index (χ1n) is 11.6. The predicted octanol–water partition coefficient (Wildman–Crippen LogP) is 5.24. The van der Waals surface area contributed by atoms with Crippen molar-refractivity contribution in [2.75, 3.05) is 17.7 Å². The van der Waals surface area contributed by atoms with Gasteiger partial charge >= 0.3 is 0 Å². The topological polar surface area (TPSA) is 89.5 Å². The van der Waals surface area contributed by atoms with Crippen LogP contribution in [-0.4, -0.2) is 30.0 Å². The van der Waals surface area contributed by atoms with E-state index in [2.05, 4.69) is 15.6 Å². The maximum absolute atomic E-state index is 12.5. The normalized spacial score (nSPS) is 13.3. The molecule has 0 radical (unpaired) electrons. The first-order valence-corrected chi connectivity index (χ1v) is 11.6. The molecule has 2 N–H and O–H groups in total. The summed E-state index contributed by atoms with van der Waals surface area (Å²) in [7, 11) is 1.52. The minimum atomic E-state index is -0.290. The van der Waals surface area contributed by atoms with Crippen molar-refractivity contribution in [1.82, 2.24) is 4.98 Å². The Hall–Kier alpha value is -3.87. The third-order valence-corrected chi connectivity index (χ3v) is 5.80. The van der Waals surface area contributed by atoms with Crippen molar-refractivity contribution in [2.24, 2.45) is 0 Å². The number of hydrogen-bond donors (Lipinski definition) is 2. The quantitative estimate of drug-likeness (QED) is 0.457. The molecule has 1 heterocycles. The van der Waals surface area contributed by atoms with Gasteiger partial charge in [-0.3, -0.25) is 14.6 Å². The fourth-order valence-corrected chi connectivity index (χ4v) is 4.02. The molecular formula is C27H29N3O4. The largest absolute Gasteiger partial charge is 0.494 e. The summed E-state index contributed by atoms with van der Waals surface area (Å²) in [5.41, 5.74) is 2.62. The van der Waals surface area contributed by atoms with E-state index in [4.69, 9.17) is 9.47 Å². The number of nitrogens with one attached hydrogen (secondary N) is 2. The first kappa shape index (κ1) is 23.3. The number of anilines is 2. The molecule has 0 bridgehead atoms. The van der Waals surface area contributed by atoms with Crippen LogP contribution in [0.4, 0.5) is 11.4 Å². The molecule has 0 saturated heterocycles. The minimum absolute atomic E-state index is 0.101. The monoisotopic (exact) mass is 459 g/mol. The molecule has 7 nitrogen and oxygen atoms in total. The van der Waals surface area contributed by atoms with Crippen molar-refractivity contribution in [3.63, 3.8) is 0 Å². The first-order chi connectivity index (χ1) is 16.6. The van der Waals surface area contributed by atoms with Crippen molar-refractivity contribution in [3.05, 3.63) is 78.1 Å². The number of carbonyl (C=O) groups excluding carboxylic acids is 2. The molecule has 1 aliphatic rings. The molecular weight excluding hydrogens is 430 g/mol. The van der Waals surface area contributed by atoms with Gasteiger partial charge in [-0.25, -0.2) is 0 Å². The van der Waals surface area contributed by atoms with E-state index in [1.165, 1.54) is 26.1 Å². The summed E-state index contributed by atoms with van der Waals surface area (Å²) >= 11 is 0. The molecule has 0 unspecified atom stereocenters. The highest BCUT2D eigenvalue weighted by molar-refractivity contribution is 6.05. The van der Waals surface area contributed by atoms with Crippen molar-refractivity contribution < 1.29 is 19.1 Å². The fraction of sp³-hybridized carbons (Fsp3) is 0.296. The summed E-state index contributed by atoms with van der Waals surface area (Å²) < 4.78 is 11.5. The number of aromatic nitrogens is 1. The zero-order valence-corrected chi connectivity index (χ0v) is 19.3. The number of carbonyl (C=O) groups is 2. The van der Waals surface area contributed by atoms with E-state index in [1.807, 2.05) is 24.3 Å². The molecule has 0 aliphatic heterocycles. The predicted molar refractivity (Wildman–Crippen MR) is 131 cm³/mol. The maximum atomic E-state index is 12.5. The lowest BCUT2D eigenvalue weighted by molar-refractivity contribution is -0.116. The van der Waals surface area contributed by atoms with Gasteiger partial charge < -0.3 is 20.1 Å². The van der Waals surface area contributed by atoms with Gasteiger partial charge in [0.2, 0.25) is 5.91 Å². The van der Waals surface area contributed by atoms with Gasteiger partial charge in [0.25, 0.3) is 5.91 Å². The SMILES string of the molecule is COc1cc(NC(=O)CCc2cccc(OC3CCCC3)c2)ccc1NC(=O)c1cccnc1. The van der Waals surface area contributed by atoms with Crippen LogP contribution in [0.1, 0.15) is 48.0 Å². The zero-order valence-electron chi connectivity index (χ0n) is 19.3. The molecule has 7 heteroatoms. The van der Waals surface area contributed by atoms with Crippen LogP contribution in [0, 0.1) is 0 Å². The van der Waals surface area contributed by atoms with Gasteiger partial charge in [0, 0.05) is 30.6 Å². The summed E-state index contributed by atoms with van der Waals surface area (Å²) in [5, 5.41) is 5.71. The third kappa shape index (κ3) is 6.34. The second kappa shape index (κ2) is 11.3. The van der Waals surface area contributed by atoms with Crippen LogP contribution in [0.2, 0.25) is 0 Å². The Morgan fingerprint density at radius 1 is 1.03 bits per heavy atom. The standard InChI is InChI=1S/C27H29N3O4/c1-33-25-17-21(12-13-24(25)30-27(32)20-7-5-15-28-18-20)29-26(31)14-11-19-6-4-10-23(16-19)34-22-8-2-3-9-22/h4-7,10,12-13,15-18,22H,2-3,8-9,11,14H2,1H3,(H,29,31)(H,30,32). The molecule has 0 atom stereocenters. The Kier molecular flexibility index (Phi) is 7.75. The average Bonchev–Trinajstić information content (AvgIpc) is 3.37. The smallest absolute Gasteiger partial charge is 0.257 e. The lowest BCUT2D eigenvalue weighted by atomic mass is 10.1. The van der Waals surface area contributed by atoms with Crippen molar-refractivity contribution in [3.8, 4) is 11.5 Å². The van der Waals surface area contributed by atoms with Crippen molar-refractivity contribution >= 4 is 23.2 Å². The Labute approximate surface area is 199 Å². The summed E-state index contributed by atoms with van der Waals surface area (Å²) in [5.74, 6) is 0.934. The number of benzene rings is 2. The lowest BCUT2D eigenvalue weighted by Crippen LogP contribution is -2.14. The van der Waals surface area contributed by atoms with Gasteiger partial charge in [-0.15, -0.1) is 0 Å². The highest BCUT2D eigenvalue weighted by Crippen LogP contribution is 2.29. The molecule has 4 rings (SSSR count). The van der Waals surface area contributed by atoms with Crippen LogP contribution in [0.5, 0.6) is 11.5 Å². The molecule has 0 spiro atoms. The molecule has 176 valence electrons. The van der Waals surface area contributed by atoms with Gasteiger partial charge in [-0.1, -0.05) is 12.1 Å². The number of aryl methyl sites for hydroxylation is 1. The van der Waals surface area contributed by atoms with Crippen LogP contribution < -0.4 is 20.1 Å². The van der Waals surface area contributed by atoms with E-state index in [0.29, 0.717) is 41.6 Å². The van der Waals surface area contributed by atoms with Crippen molar-refractivity contribution in [2.45, 2.75) is 44.6 Å². The summed E-state index contributed by atoms with van der Waals surface area (Å²) in [6.45, 7) is 0. The van der Waals surface area contributed by atoms with Crippen LogP contribution in [-0.2, 0) is 11.2 Å². The second-order valence-electron chi connectivity index (χ2n) is 8.33. The van der Waals surface area contributed by atoms with Gasteiger partial charge in [-0.05, 0) is 74.1 Å². The molecule has 1 aromatic heterocycles. The van der Waals surface area contributed by atoms with Crippen LogP contribution in [0.15, 0.2) is 67.0 Å². The van der Waals surface area contributed by atoms with Gasteiger partial charge in [0.15, 0.2) is 0 Å². The van der Waals surface area contributed by atoms with Crippen LogP contribution in [0.25, 0.3) is 0 Å². The molecule has 2 amide bonds. The minimum Gasteiger partial charge on any atom is -0.494 e. The highest BCUT2D eigenvalue weighted by Gasteiger charge is 2.16. The van der Waals surface area contributed by atoms with E-state index < -0.39 is 0 Å². The van der Waals surface area contributed by atoms with Crippen LogP contribution in [0.3, 0.4) is 0 Å². The number of rotatable bonds is 9. The number of nitrogens with zero attached hydrogens (tertiary/aromatic N) is 1. The van der Waals surface area contributed by atoms with Crippen molar-refractivity contribution in [1.29, 1.82) is 0 Å². The highest BCUT2D eigenvalue weighted by atomic mass is 16.5. The Morgan fingerprint density at radius 2 is 1.88 bits per heavy atom. The second-order valence-corrected chi connectivity index (χ2v) is 8.33.